The second-order valence-electron chi connectivity index (χ2n) is 5.37. The first kappa shape index (κ1) is 13.5. The Labute approximate surface area is 110 Å². The van der Waals surface area contributed by atoms with Crippen molar-refractivity contribution in [3.05, 3.63) is 35.4 Å². The molecule has 1 aromatic carbocycles. The molecule has 2 unspecified atom stereocenters. The lowest BCUT2D eigenvalue weighted by Crippen LogP contribution is -2.40. The molecule has 0 saturated heterocycles. The first-order chi connectivity index (χ1) is 8.65. The molecule has 1 aliphatic heterocycles. The van der Waals surface area contributed by atoms with Gasteiger partial charge < -0.3 is 15.7 Å². The third-order valence-corrected chi connectivity index (χ3v) is 3.72. The van der Waals surface area contributed by atoms with Crippen LogP contribution in [0.15, 0.2) is 24.3 Å². The summed E-state index contributed by atoms with van der Waals surface area (Å²) in [6, 6.07) is 8.41. The molecular weight excluding hydrogens is 224 g/mol. The fourth-order valence-electron chi connectivity index (χ4n) is 2.64. The summed E-state index contributed by atoms with van der Waals surface area (Å²) in [5.74, 6) is 0. The smallest absolute Gasteiger partial charge is 0.0825 e. The fraction of sp³-hybridized carbons (Fsp3) is 0.600. The lowest BCUT2D eigenvalue weighted by molar-refractivity contribution is 0.0141. The Morgan fingerprint density at radius 2 is 2.17 bits per heavy atom. The van der Waals surface area contributed by atoms with Gasteiger partial charge in [-0.05, 0) is 44.0 Å². The Bertz CT molecular complexity index is 390. The van der Waals surface area contributed by atoms with E-state index in [1.54, 1.807) is 0 Å². The molecule has 100 valence electrons. The summed E-state index contributed by atoms with van der Waals surface area (Å²) in [5, 5.41) is 17.4. The van der Waals surface area contributed by atoms with E-state index in [0.717, 1.165) is 32.5 Å². The first-order valence-corrected chi connectivity index (χ1v) is 6.89. The number of hydrogen-bond donors (Lipinski definition) is 3. The van der Waals surface area contributed by atoms with Crippen LogP contribution in [0.1, 0.15) is 43.9 Å². The summed E-state index contributed by atoms with van der Waals surface area (Å²) in [5.41, 5.74) is 1.86. The van der Waals surface area contributed by atoms with Crippen LogP contribution in [0, 0.1) is 0 Å². The largest absolute Gasteiger partial charge is 0.388 e. The second-order valence-corrected chi connectivity index (χ2v) is 5.37. The monoisotopic (exact) mass is 248 g/mol. The Morgan fingerprint density at radius 1 is 1.39 bits per heavy atom. The van der Waals surface area contributed by atoms with Crippen molar-refractivity contribution in [2.45, 2.75) is 44.9 Å². The van der Waals surface area contributed by atoms with Gasteiger partial charge in [0.05, 0.1) is 11.6 Å². The SMILES string of the molecule is CCCNCCC(C)(O)C1NCc2ccccc21. The van der Waals surface area contributed by atoms with Crippen LogP contribution in [0.25, 0.3) is 0 Å². The standard InChI is InChI=1S/C15H24N2O/c1-3-9-16-10-8-15(2,18)14-13-7-5-4-6-12(13)11-17-14/h4-7,14,16-18H,3,8-11H2,1-2H3. The van der Waals surface area contributed by atoms with Gasteiger partial charge in [0.1, 0.15) is 0 Å². The third-order valence-electron chi connectivity index (χ3n) is 3.72. The third kappa shape index (κ3) is 2.91. The van der Waals surface area contributed by atoms with E-state index < -0.39 is 5.60 Å². The van der Waals surface area contributed by atoms with Crippen LogP contribution in [0.3, 0.4) is 0 Å². The van der Waals surface area contributed by atoms with Gasteiger partial charge in [0.25, 0.3) is 0 Å². The number of benzene rings is 1. The molecule has 0 spiro atoms. The predicted molar refractivity (Wildman–Crippen MR) is 74.4 cm³/mol. The molecule has 0 radical (unpaired) electrons. The number of fused-ring (bicyclic) bond motifs is 1. The zero-order chi connectivity index (χ0) is 13.0. The molecule has 0 saturated carbocycles. The summed E-state index contributed by atoms with van der Waals surface area (Å²) in [7, 11) is 0. The van der Waals surface area contributed by atoms with E-state index in [0.29, 0.717) is 0 Å². The summed E-state index contributed by atoms with van der Waals surface area (Å²) in [4.78, 5) is 0. The van der Waals surface area contributed by atoms with Crippen molar-refractivity contribution in [2.75, 3.05) is 13.1 Å². The van der Waals surface area contributed by atoms with Gasteiger partial charge in [-0.15, -0.1) is 0 Å². The zero-order valence-electron chi connectivity index (χ0n) is 11.4. The quantitative estimate of drug-likeness (QED) is 0.674. The van der Waals surface area contributed by atoms with Crippen molar-refractivity contribution in [2.24, 2.45) is 0 Å². The normalized spacial score (nSPS) is 21.6. The van der Waals surface area contributed by atoms with Gasteiger partial charge in [-0.25, -0.2) is 0 Å². The van der Waals surface area contributed by atoms with E-state index in [-0.39, 0.29) is 6.04 Å². The minimum absolute atomic E-state index is 0.0529. The van der Waals surface area contributed by atoms with E-state index >= 15 is 0 Å². The fourth-order valence-corrected chi connectivity index (χ4v) is 2.64. The van der Waals surface area contributed by atoms with E-state index in [2.05, 4.69) is 35.8 Å². The van der Waals surface area contributed by atoms with Gasteiger partial charge in [0, 0.05) is 6.54 Å². The van der Waals surface area contributed by atoms with Crippen LogP contribution in [-0.4, -0.2) is 23.8 Å². The van der Waals surface area contributed by atoms with Crippen LogP contribution >= 0.6 is 0 Å². The number of nitrogens with one attached hydrogen (secondary N) is 2. The van der Waals surface area contributed by atoms with E-state index in [9.17, 15) is 5.11 Å². The molecule has 0 aliphatic carbocycles. The average Bonchev–Trinajstić information content (AvgIpc) is 2.79. The molecule has 0 aromatic heterocycles. The maximum atomic E-state index is 10.7. The summed E-state index contributed by atoms with van der Waals surface area (Å²) in [6.07, 6.45) is 1.89. The van der Waals surface area contributed by atoms with Gasteiger partial charge in [0.15, 0.2) is 0 Å². The highest BCUT2D eigenvalue weighted by Gasteiger charge is 2.36. The molecule has 3 heteroatoms. The van der Waals surface area contributed by atoms with Gasteiger partial charge in [-0.1, -0.05) is 31.2 Å². The highest BCUT2D eigenvalue weighted by atomic mass is 16.3. The number of rotatable bonds is 6. The van der Waals surface area contributed by atoms with E-state index in [4.69, 9.17) is 0 Å². The molecule has 2 atom stereocenters. The van der Waals surface area contributed by atoms with Gasteiger partial charge in [-0.3, -0.25) is 0 Å². The molecule has 3 nitrogen and oxygen atoms in total. The minimum Gasteiger partial charge on any atom is -0.388 e. The zero-order valence-corrected chi connectivity index (χ0v) is 11.4. The second kappa shape index (κ2) is 5.83. The summed E-state index contributed by atoms with van der Waals surface area (Å²) in [6.45, 7) is 6.83. The number of hydrogen-bond acceptors (Lipinski definition) is 3. The maximum Gasteiger partial charge on any atom is 0.0825 e. The minimum atomic E-state index is -0.701. The molecule has 0 bridgehead atoms. The van der Waals surface area contributed by atoms with Crippen LogP contribution < -0.4 is 10.6 Å². The Balaban J connectivity index is 1.98. The molecule has 0 amide bonds. The lowest BCUT2D eigenvalue weighted by Gasteiger charge is -2.31. The van der Waals surface area contributed by atoms with Crippen LogP contribution in [0.2, 0.25) is 0 Å². The molecule has 3 N–H and O–H groups in total. The van der Waals surface area contributed by atoms with Gasteiger partial charge in [-0.2, -0.15) is 0 Å². The highest BCUT2D eigenvalue weighted by molar-refractivity contribution is 5.35. The topological polar surface area (TPSA) is 44.3 Å². The Hall–Kier alpha value is -0.900. The number of aliphatic hydroxyl groups is 1. The van der Waals surface area contributed by atoms with Crippen molar-refractivity contribution in [3.63, 3.8) is 0 Å². The maximum absolute atomic E-state index is 10.7. The van der Waals surface area contributed by atoms with Crippen molar-refractivity contribution in [3.8, 4) is 0 Å². The molecule has 0 fully saturated rings. The Morgan fingerprint density at radius 3 is 2.94 bits per heavy atom. The molecule has 1 aliphatic rings. The predicted octanol–water partition coefficient (Wildman–Crippen LogP) is 1.97. The highest BCUT2D eigenvalue weighted by Crippen LogP contribution is 2.34. The summed E-state index contributed by atoms with van der Waals surface area (Å²) < 4.78 is 0. The van der Waals surface area contributed by atoms with Crippen LogP contribution in [-0.2, 0) is 6.54 Å². The lowest BCUT2D eigenvalue weighted by atomic mass is 9.88. The van der Waals surface area contributed by atoms with E-state index in [1.165, 1.54) is 11.1 Å². The van der Waals surface area contributed by atoms with E-state index in [1.807, 2.05) is 13.0 Å². The molecule has 18 heavy (non-hydrogen) atoms. The molecular formula is C15H24N2O. The van der Waals surface area contributed by atoms with Crippen molar-refractivity contribution < 1.29 is 5.11 Å². The molecule has 1 aromatic rings. The van der Waals surface area contributed by atoms with Gasteiger partial charge >= 0.3 is 0 Å². The van der Waals surface area contributed by atoms with Crippen LogP contribution in [0.5, 0.6) is 0 Å². The van der Waals surface area contributed by atoms with Crippen molar-refractivity contribution >= 4 is 0 Å². The first-order valence-electron chi connectivity index (χ1n) is 6.89. The molecule has 1 heterocycles. The average molecular weight is 248 g/mol. The van der Waals surface area contributed by atoms with Crippen LogP contribution in [0.4, 0.5) is 0 Å². The van der Waals surface area contributed by atoms with Crippen molar-refractivity contribution in [1.82, 2.24) is 10.6 Å². The van der Waals surface area contributed by atoms with Gasteiger partial charge in [0.2, 0.25) is 0 Å². The summed E-state index contributed by atoms with van der Waals surface area (Å²) >= 11 is 0. The van der Waals surface area contributed by atoms with Crippen molar-refractivity contribution in [1.29, 1.82) is 0 Å². The molecule has 2 rings (SSSR count). The Kier molecular flexibility index (Phi) is 4.38.